The molecule has 0 aromatic rings. The zero-order chi connectivity index (χ0) is 15.1. The number of nitrogens with one attached hydrogen (secondary N) is 1. The lowest BCUT2D eigenvalue weighted by Crippen LogP contribution is -2.23. The van der Waals surface area contributed by atoms with Crippen LogP contribution in [0.2, 0.25) is 0 Å². The zero-order valence-corrected chi connectivity index (χ0v) is 14.8. The molecule has 0 unspecified atom stereocenters. The van der Waals surface area contributed by atoms with Gasteiger partial charge in [0.05, 0.1) is 0 Å². The molecule has 0 amide bonds. The molecule has 122 valence electrons. The summed E-state index contributed by atoms with van der Waals surface area (Å²) in [6.45, 7) is 10.3. The van der Waals surface area contributed by atoms with E-state index in [2.05, 4.69) is 33.0 Å². The molecular formula is C19H41N. The summed E-state index contributed by atoms with van der Waals surface area (Å²) < 4.78 is 0. The maximum Gasteiger partial charge on any atom is 0.00103 e. The van der Waals surface area contributed by atoms with Crippen LogP contribution >= 0.6 is 0 Å². The van der Waals surface area contributed by atoms with Crippen molar-refractivity contribution in [1.82, 2.24) is 5.32 Å². The van der Waals surface area contributed by atoms with Crippen molar-refractivity contribution in [2.24, 2.45) is 5.92 Å². The molecule has 0 spiro atoms. The Balaban J connectivity index is 2.96. The molecule has 0 aliphatic heterocycles. The van der Waals surface area contributed by atoms with E-state index in [4.69, 9.17) is 0 Å². The first-order valence-electron chi connectivity index (χ1n) is 9.36. The van der Waals surface area contributed by atoms with Crippen molar-refractivity contribution in [3.63, 3.8) is 0 Å². The SMILES string of the molecule is CC(C)CCCCCCCCCCCCCNC(C)C. The molecule has 1 heteroatoms. The second-order valence-electron chi connectivity index (χ2n) is 7.18. The van der Waals surface area contributed by atoms with Gasteiger partial charge in [0.15, 0.2) is 0 Å². The Bertz CT molecular complexity index is 155. The molecule has 0 radical (unpaired) electrons. The van der Waals surface area contributed by atoms with Crippen LogP contribution in [0.25, 0.3) is 0 Å². The van der Waals surface area contributed by atoms with Gasteiger partial charge in [-0.3, -0.25) is 0 Å². The first-order valence-corrected chi connectivity index (χ1v) is 9.36. The van der Waals surface area contributed by atoms with Crippen LogP contribution in [0.3, 0.4) is 0 Å². The fourth-order valence-corrected chi connectivity index (χ4v) is 2.66. The highest BCUT2D eigenvalue weighted by Crippen LogP contribution is 2.13. The van der Waals surface area contributed by atoms with E-state index in [0.717, 1.165) is 5.92 Å². The minimum atomic E-state index is 0.649. The van der Waals surface area contributed by atoms with Gasteiger partial charge in [0.25, 0.3) is 0 Å². The first kappa shape index (κ1) is 20.0. The maximum atomic E-state index is 3.49. The van der Waals surface area contributed by atoms with Crippen LogP contribution < -0.4 is 5.32 Å². The molecule has 0 saturated carbocycles. The first-order chi connectivity index (χ1) is 9.63. The van der Waals surface area contributed by atoms with Crippen molar-refractivity contribution in [3.8, 4) is 0 Å². The van der Waals surface area contributed by atoms with Gasteiger partial charge < -0.3 is 5.32 Å². The molecule has 0 atom stereocenters. The van der Waals surface area contributed by atoms with Crippen LogP contribution in [0, 0.1) is 5.92 Å². The van der Waals surface area contributed by atoms with Crippen LogP contribution in [-0.2, 0) is 0 Å². The molecule has 0 rings (SSSR count). The smallest absolute Gasteiger partial charge is 0.00103 e. The van der Waals surface area contributed by atoms with Crippen molar-refractivity contribution in [1.29, 1.82) is 0 Å². The fraction of sp³-hybridized carbons (Fsp3) is 1.00. The van der Waals surface area contributed by atoms with Crippen molar-refractivity contribution in [2.45, 2.75) is 111 Å². The molecule has 0 aliphatic carbocycles. The standard InChI is InChI=1S/C19H41N/c1-18(2)16-14-12-10-8-6-5-7-9-11-13-15-17-20-19(3)4/h18-20H,5-17H2,1-4H3. The van der Waals surface area contributed by atoms with E-state index in [0.29, 0.717) is 6.04 Å². The summed E-state index contributed by atoms with van der Waals surface area (Å²) in [6.07, 6.45) is 17.3. The summed E-state index contributed by atoms with van der Waals surface area (Å²) in [6, 6.07) is 0.649. The van der Waals surface area contributed by atoms with E-state index in [1.165, 1.54) is 83.6 Å². The second kappa shape index (κ2) is 15.4. The van der Waals surface area contributed by atoms with E-state index >= 15 is 0 Å². The Hall–Kier alpha value is -0.0400. The lowest BCUT2D eigenvalue weighted by atomic mass is 10.0. The monoisotopic (exact) mass is 283 g/mol. The third-order valence-electron chi connectivity index (χ3n) is 4.01. The van der Waals surface area contributed by atoms with Crippen LogP contribution in [0.15, 0.2) is 0 Å². The van der Waals surface area contributed by atoms with Crippen LogP contribution in [0.5, 0.6) is 0 Å². The fourth-order valence-electron chi connectivity index (χ4n) is 2.66. The topological polar surface area (TPSA) is 12.0 Å². The summed E-state index contributed by atoms with van der Waals surface area (Å²) in [5.41, 5.74) is 0. The third-order valence-corrected chi connectivity index (χ3v) is 4.01. The van der Waals surface area contributed by atoms with Gasteiger partial charge in [0, 0.05) is 6.04 Å². The van der Waals surface area contributed by atoms with Crippen LogP contribution in [0.4, 0.5) is 0 Å². The van der Waals surface area contributed by atoms with Gasteiger partial charge in [-0.25, -0.2) is 0 Å². The third kappa shape index (κ3) is 18.0. The summed E-state index contributed by atoms with van der Waals surface area (Å²) in [5.74, 6) is 0.894. The maximum absolute atomic E-state index is 3.49. The van der Waals surface area contributed by atoms with Gasteiger partial charge in [0.2, 0.25) is 0 Å². The molecule has 20 heavy (non-hydrogen) atoms. The van der Waals surface area contributed by atoms with Crippen molar-refractivity contribution in [2.75, 3.05) is 6.54 Å². The Labute approximate surface area is 129 Å². The summed E-state index contributed by atoms with van der Waals surface area (Å²) in [5, 5.41) is 3.49. The highest BCUT2D eigenvalue weighted by Gasteiger charge is 1.96. The van der Waals surface area contributed by atoms with E-state index < -0.39 is 0 Å². The summed E-state index contributed by atoms with van der Waals surface area (Å²) >= 11 is 0. The molecule has 0 aliphatic rings. The number of unbranched alkanes of at least 4 members (excludes halogenated alkanes) is 10. The van der Waals surface area contributed by atoms with Gasteiger partial charge >= 0.3 is 0 Å². The highest BCUT2D eigenvalue weighted by atomic mass is 14.9. The average Bonchev–Trinajstić information content (AvgIpc) is 2.38. The zero-order valence-electron chi connectivity index (χ0n) is 14.8. The van der Waals surface area contributed by atoms with Crippen molar-refractivity contribution in [3.05, 3.63) is 0 Å². The molecular weight excluding hydrogens is 242 g/mol. The molecule has 0 bridgehead atoms. The summed E-state index contributed by atoms with van der Waals surface area (Å²) in [4.78, 5) is 0. The van der Waals surface area contributed by atoms with Crippen LogP contribution in [0.1, 0.15) is 105 Å². The molecule has 0 saturated heterocycles. The van der Waals surface area contributed by atoms with E-state index in [1.807, 2.05) is 0 Å². The lowest BCUT2D eigenvalue weighted by Gasteiger charge is -2.07. The lowest BCUT2D eigenvalue weighted by molar-refractivity contribution is 0.500. The van der Waals surface area contributed by atoms with Gasteiger partial charge in [-0.2, -0.15) is 0 Å². The molecule has 1 nitrogen and oxygen atoms in total. The molecule has 0 fully saturated rings. The molecule has 0 aromatic heterocycles. The quantitative estimate of drug-likeness (QED) is 0.347. The predicted molar refractivity (Wildman–Crippen MR) is 93.4 cm³/mol. The minimum absolute atomic E-state index is 0.649. The minimum Gasteiger partial charge on any atom is -0.315 e. The highest BCUT2D eigenvalue weighted by molar-refractivity contribution is 4.54. The molecule has 1 N–H and O–H groups in total. The normalized spacial score (nSPS) is 11.7. The number of rotatable bonds is 15. The van der Waals surface area contributed by atoms with Crippen molar-refractivity contribution >= 4 is 0 Å². The van der Waals surface area contributed by atoms with Gasteiger partial charge in [-0.05, 0) is 18.9 Å². The van der Waals surface area contributed by atoms with Crippen molar-refractivity contribution < 1.29 is 0 Å². The molecule has 0 aromatic carbocycles. The number of hydrogen-bond donors (Lipinski definition) is 1. The Morgan fingerprint density at radius 3 is 1.35 bits per heavy atom. The second-order valence-corrected chi connectivity index (χ2v) is 7.18. The van der Waals surface area contributed by atoms with E-state index in [9.17, 15) is 0 Å². The largest absolute Gasteiger partial charge is 0.315 e. The van der Waals surface area contributed by atoms with E-state index in [1.54, 1.807) is 0 Å². The molecule has 0 heterocycles. The Kier molecular flexibility index (Phi) is 15.3. The summed E-state index contributed by atoms with van der Waals surface area (Å²) in [7, 11) is 0. The van der Waals surface area contributed by atoms with E-state index in [-0.39, 0.29) is 0 Å². The van der Waals surface area contributed by atoms with Crippen LogP contribution in [-0.4, -0.2) is 12.6 Å². The Morgan fingerprint density at radius 2 is 0.950 bits per heavy atom. The van der Waals surface area contributed by atoms with Gasteiger partial charge in [0.1, 0.15) is 0 Å². The Morgan fingerprint density at radius 1 is 0.550 bits per heavy atom. The van der Waals surface area contributed by atoms with Gasteiger partial charge in [-0.15, -0.1) is 0 Å². The average molecular weight is 284 g/mol. The predicted octanol–water partition coefficient (Wildman–Crippen LogP) is 6.32. The van der Waals surface area contributed by atoms with Gasteiger partial charge in [-0.1, -0.05) is 98.3 Å². The number of hydrogen-bond acceptors (Lipinski definition) is 1.